The van der Waals surface area contributed by atoms with E-state index in [1.807, 2.05) is 37.4 Å². The summed E-state index contributed by atoms with van der Waals surface area (Å²) in [7, 11) is 2.01. The summed E-state index contributed by atoms with van der Waals surface area (Å²) in [5.41, 5.74) is 0. The lowest BCUT2D eigenvalue weighted by atomic mass is 10.3. The fraction of sp³-hybridized carbons (Fsp3) is 0.455. The summed E-state index contributed by atoms with van der Waals surface area (Å²) in [5.74, 6) is 1.69. The van der Waals surface area contributed by atoms with E-state index >= 15 is 0 Å². The first kappa shape index (κ1) is 8.57. The lowest BCUT2D eigenvalue weighted by Crippen LogP contribution is -2.14. The van der Waals surface area contributed by atoms with Crippen LogP contribution in [-0.2, 0) is 0 Å². The lowest BCUT2D eigenvalue weighted by molar-refractivity contribution is 0.294. The van der Waals surface area contributed by atoms with Crippen molar-refractivity contribution in [1.29, 1.82) is 0 Å². The van der Waals surface area contributed by atoms with E-state index in [9.17, 15) is 0 Å². The predicted molar refractivity (Wildman–Crippen MR) is 52.9 cm³/mol. The largest absolute Gasteiger partial charge is 0.493 e. The second-order valence-corrected chi connectivity index (χ2v) is 3.52. The Morgan fingerprint density at radius 3 is 2.77 bits per heavy atom. The zero-order chi connectivity index (χ0) is 9.10. The molecule has 0 heterocycles. The summed E-state index contributed by atoms with van der Waals surface area (Å²) in [6.07, 6.45) is 1.25. The highest BCUT2D eigenvalue weighted by atomic mass is 16.5. The first-order valence-corrected chi connectivity index (χ1v) is 4.75. The predicted octanol–water partition coefficient (Wildman–Crippen LogP) is 1.67. The molecule has 1 aliphatic rings. The first-order valence-electron chi connectivity index (χ1n) is 4.75. The van der Waals surface area contributed by atoms with E-state index in [2.05, 4.69) is 5.32 Å². The van der Waals surface area contributed by atoms with Crippen LogP contribution in [0, 0.1) is 5.92 Å². The number of para-hydroxylation sites is 1. The van der Waals surface area contributed by atoms with Gasteiger partial charge in [-0.2, -0.15) is 0 Å². The van der Waals surface area contributed by atoms with Crippen molar-refractivity contribution in [2.24, 2.45) is 5.92 Å². The molecule has 70 valence electrons. The van der Waals surface area contributed by atoms with Gasteiger partial charge >= 0.3 is 0 Å². The number of hydrogen-bond donors (Lipinski definition) is 1. The molecule has 2 nitrogen and oxygen atoms in total. The number of benzene rings is 1. The van der Waals surface area contributed by atoms with Gasteiger partial charge in [-0.25, -0.2) is 0 Å². The van der Waals surface area contributed by atoms with Gasteiger partial charge < -0.3 is 10.1 Å². The number of rotatable bonds is 4. The standard InChI is InChI=1S/C11H15NO/c1-12-11-7-9(11)8-13-10-5-3-2-4-6-10/h2-6,9,11-12H,7-8H2,1H3. The Hall–Kier alpha value is -1.02. The molecule has 0 amide bonds. The second-order valence-electron chi connectivity index (χ2n) is 3.52. The Labute approximate surface area is 78.9 Å². The molecule has 2 rings (SSSR count). The van der Waals surface area contributed by atoms with Gasteiger partial charge in [-0.05, 0) is 25.6 Å². The van der Waals surface area contributed by atoms with Gasteiger partial charge in [0, 0.05) is 12.0 Å². The van der Waals surface area contributed by atoms with Gasteiger partial charge in [0.15, 0.2) is 0 Å². The van der Waals surface area contributed by atoms with Crippen molar-refractivity contribution >= 4 is 0 Å². The summed E-state index contributed by atoms with van der Waals surface area (Å²) in [5, 5.41) is 3.25. The molecule has 2 atom stereocenters. The minimum atomic E-state index is 0.684. The average molecular weight is 177 g/mol. The van der Waals surface area contributed by atoms with Crippen molar-refractivity contribution in [2.75, 3.05) is 13.7 Å². The molecule has 2 unspecified atom stereocenters. The topological polar surface area (TPSA) is 21.3 Å². The van der Waals surface area contributed by atoms with Gasteiger partial charge in [0.25, 0.3) is 0 Å². The van der Waals surface area contributed by atoms with Crippen LogP contribution in [0.1, 0.15) is 6.42 Å². The molecule has 2 heteroatoms. The average Bonchev–Trinajstić information content (AvgIpc) is 2.95. The van der Waals surface area contributed by atoms with Crippen molar-refractivity contribution in [3.63, 3.8) is 0 Å². The molecule has 1 aliphatic carbocycles. The molecular formula is C11H15NO. The zero-order valence-corrected chi connectivity index (χ0v) is 7.86. The molecule has 1 saturated carbocycles. The van der Waals surface area contributed by atoms with Crippen LogP contribution in [-0.4, -0.2) is 19.7 Å². The third-order valence-corrected chi connectivity index (χ3v) is 2.50. The minimum Gasteiger partial charge on any atom is -0.493 e. The molecule has 13 heavy (non-hydrogen) atoms. The number of nitrogens with one attached hydrogen (secondary N) is 1. The zero-order valence-electron chi connectivity index (χ0n) is 7.86. The molecule has 1 fully saturated rings. The Morgan fingerprint density at radius 1 is 1.38 bits per heavy atom. The third-order valence-electron chi connectivity index (χ3n) is 2.50. The normalized spacial score (nSPS) is 25.6. The summed E-state index contributed by atoms with van der Waals surface area (Å²) >= 11 is 0. The van der Waals surface area contributed by atoms with E-state index in [1.54, 1.807) is 0 Å². The summed E-state index contributed by atoms with van der Waals surface area (Å²) in [6, 6.07) is 10.7. The maximum absolute atomic E-state index is 5.62. The quantitative estimate of drug-likeness (QED) is 0.755. The molecular weight excluding hydrogens is 162 g/mol. The van der Waals surface area contributed by atoms with Crippen molar-refractivity contribution in [3.05, 3.63) is 30.3 Å². The van der Waals surface area contributed by atoms with Crippen LogP contribution in [0.25, 0.3) is 0 Å². The molecule has 0 bridgehead atoms. The second kappa shape index (κ2) is 3.79. The van der Waals surface area contributed by atoms with Gasteiger partial charge in [0.2, 0.25) is 0 Å². The fourth-order valence-corrected chi connectivity index (χ4v) is 1.51. The first-order chi connectivity index (χ1) is 6.40. The van der Waals surface area contributed by atoms with E-state index < -0.39 is 0 Å². The van der Waals surface area contributed by atoms with Crippen molar-refractivity contribution in [2.45, 2.75) is 12.5 Å². The van der Waals surface area contributed by atoms with Crippen LogP contribution in [0.3, 0.4) is 0 Å². The highest BCUT2D eigenvalue weighted by Gasteiger charge is 2.35. The van der Waals surface area contributed by atoms with Crippen molar-refractivity contribution in [3.8, 4) is 5.75 Å². The Morgan fingerprint density at radius 2 is 2.15 bits per heavy atom. The highest BCUT2D eigenvalue weighted by Crippen LogP contribution is 2.30. The monoisotopic (exact) mass is 177 g/mol. The highest BCUT2D eigenvalue weighted by molar-refractivity contribution is 5.21. The Balaban J connectivity index is 1.75. The molecule has 1 N–H and O–H groups in total. The van der Waals surface area contributed by atoms with E-state index in [0.29, 0.717) is 12.0 Å². The molecule has 0 radical (unpaired) electrons. The van der Waals surface area contributed by atoms with Crippen LogP contribution in [0.15, 0.2) is 30.3 Å². The minimum absolute atomic E-state index is 0.684. The third kappa shape index (κ3) is 2.22. The molecule has 0 aliphatic heterocycles. The number of ether oxygens (including phenoxy) is 1. The maximum atomic E-state index is 5.62. The van der Waals surface area contributed by atoms with E-state index in [-0.39, 0.29) is 0 Å². The molecule has 0 spiro atoms. The number of hydrogen-bond acceptors (Lipinski definition) is 2. The van der Waals surface area contributed by atoms with Crippen molar-refractivity contribution in [1.82, 2.24) is 5.32 Å². The van der Waals surface area contributed by atoms with E-state index in [0.717, 1.165) is 12.4 Å². The summed E-state index contributed by atoms with van der Waals surface area (Å²) in [4.78, 5) is 0. The fourth-order valence-electron chi connectivity index (χ4n) is 1.51. The molecule has 1 aromatic carbocycles. The van der Waals surface area contributed by atoms with Crippen LogP contribution < -0.4 is 10.1 Å². The van der Waals surface area contributed by atoms with Gasteiger partial charge in [-0.3, -0.25) is 0 Å². The van der Waals surface area contributed by atoms with Crippen LogP contribution in [0.4, 0.5) is 0 Å². The summed E-state index contributed by atoms with van der Waals surface area (Å²) < 4.78 is 5.62. The Bertz CT molecular complexity index is 260. The smallest absolute Gasteiger partial charge is 0.119 e. The van der Waals surface area contributed by atoms with Gasteiger partial charge in [-0.1, -0.05) is 18.2 Å². The Kier molecular flexibility index (Phi) is 2.50. The van der Waals surface area contributed by atoms with Crippen LogP contribution in [0.5, 0.6) is 5.75 Å². The van der Waals surface area contributed by atoms with Crippen LogP contribution in [0.2, 0.25) is 0 Å². The SMILES string of the molecule is CNC1CC1COc1ccccc1. The van der Waals surface area contributed by atoms with Gasteiger partial charge in [0.1, 0.15) is 5.75 Å². The van der Waals surface area contributed by atoms with Crippen LogP contribution >= 0.6 is 0 Å². The van der Waals surface area contributed by atoms with E-state index in [4.69, 9.17) is 4.74 Å². The van der Waals surface area contributed by atoms with Gasteiger partial charge in [-0.15, -0.1) is 0 Å². The summed E-state index contributed by atoms with van der Waals surface area (Å²) in [6.45, 7) is 0.843. The molecule has 0 aromatic heterocycles. The van der Waals surface area contributed by atoms with Gasteiger partial charge in [0.05, 0.1) is 6.61 Å². The molecule has 0 saturated heterocycles. The lowest BCUT2D eigenvalue weighted by Gasteiger charge is -2.04. The molecule has 1 aromatic rings. The van der Waals surface area contributed by atoms with E-state index in [1.165, 1.54) is 6.42 Å². The maximum Gasteiger partial charge on any atom is 0.119 e. The van der Waals surface area contributed by atoms with Crippen molar-refractivity contribution < 1.29 is 4.74 Å².